The number of amides is 1. The number of nitrogens with zero attached hydrogens (tertiary/aromatic N) is 1. The van der Waals surface area contributed by atoms with E-state index in [0.29, 0.717) is 19.5 Å². The number of halogens is 2. The fourth-order valence-corrected chi connectivity index (χ4v) is 4.43. The topological polar surface area (TPSA) is 46.6 Å². The van der Waals surface area contributed by atoms with Gasteiger partial charge in [-0.1, -0.05) is 23.2 Å². The van der Waals surface area contributed by atoms with Crippen LogP contribution in [0.1, 0.15) is 40.0 Å². The van der Waals surface area contributed by atoms with Crippen LogP contribution in [0.4, 0.5) is 4.79 Å². The molecule has 3 fully saturated rings. The zero-order valence-electron chi connectivity index (χ0n) is 12.0. The molecule has 4 nitrogen and oxygen atoms in total. The van der Waals surface area contributed by atoms with Gasteiger partial charge in [0.05, 0.1) is 0 Å². The molecule has 6 heteroatoms. The van der Waals surface area contributed by atoms with E-state index in [0.717, 1.165) is 12.8 Å². The molecule has 0 aromatic rings. The largest absolute Gasteiger partial charge is 0.444 e. The van der Waals surface area contributed by atoms with Crippen molar-refractivity contribution in [2.45, 2.75) is 50.0 Å². The average molecular weight is 320 g/mol. The molecule has 20 heavy (non-hydrogen) atoms. The normalized spacial score (nSPS) is 28.6. The van der Waals surface area contributed by atoms with Crippen molar-refractivity contribution in [3.8, 4) is 0 Å². The predicted octanol–water partition coefficient (Wildman–Crippen LogP) is 3.15. The standard InChI is InChI=1S/C14H19Cl2NO3/c1-11(2,3)20-10(19)17-7-12(8-17)5-13(6-12)4-9(18)14(13,15)16/h4-8H2,1-3H3. The number of rotatable bonds is 0. The van der Waals surface area contributed by atoms with Crippen LogP contribution in [-0.4, -0.2) is 39.8 Å². The van der Waals surface area contributed by atoms with E-state index in [-0.39, 0.29) is 22.7 Å². The Kier molecular flexibility index (Phi) is 2.77. The Hall–Kier alpha value is -0.480. The summed E-state index contributed by atoms with van der Waals surface area (Å²) in [5, 5.41) is 0. The first kappa shape index (κ1) is 14.5. The number of carbonyl (C=O) groups is 2. The predicted molar refractivity (Wildman–Crippen MR) is 76.0 cm³/mol. The van der Waals surface area contributed by atoms with Gasteiger partial charge in [0.2, 0.25) is 0 Å². The number of hydrogen-bond donors (Lipinski definition) is 0. The van der Waals surface area contributed by atoms with Gasteiger partial charge in [-0.15, -0.1) is 0 Å². The van der Waals surface area contributed by atoms with Gasteiger partial charge >= 0.3 is 6.09 Å². The molecule has 0 N–H and O–H groups in total. The number of alkyl halides is 2. The molecule has 2 spiro atoms. The van der Waals surface area contributed by atoms with Gasteiger partial charge in [-0.3, -0.25) is 4.79 Å². The Labute approximate surface area is 128 Å². The van der Waals surface area contributed by atoms with Crippen molar-refractivity contribution in [1.29, 1.82) is 0 Å². The second-order valence-corrected chi connectivity index (χ2v) is 8.97. The first-order chi connectivity index (χ1) is 8.99. The Morgan fingerprint density at radius 2 is 1.80 bits per heavy atom. The number of hydrogen-bond acceptors (Lipinski definition) is 3. The zero-order valence-corrected chi connectivity index (χ0v) is 13.5. The molecule has 0 unspecified atom stereocenters. The van der Waals surface area contributed by atoms with Gasteiger partial charge in [-0.2, -0.15) is 0 Å². The summed E-state index contributed by atoms with van der Waals surface area (Å²) in [5.41, 5.74) is -0.609. The number of likely N-dealkylation sites (tertiary alicyclic amines) is 1. The molecule has 2 saturated carbocycles. The SMILES string of the molecule is CC(C)(C)OC(=O)N1CC2(C1)CC1(CC(=O)C1(Cl)Cl)C2. The molecule has 1 heterocycles. The third-order valence-corrected chi connectivity index (χ3v) is 5.87. The molecular weight excluding hydrogens is 301 g/mol. The lowest BCUT2D eigenvalue weighted by Gasteiger charge is -2.69. The maximum Gasteiger partial charge on any atom is 0.410 e. The average Bonchev–Trinajstić information content (AvgIpc) is 2.15. The highest BCUT2D eigenvalue weighted by atomic mass is 35.5. The lowest BCUT2D eigenvalue weighted by Crippen LogP contribution is -2.74. The number of ketones is 1. The summed E-state index contributed by atoms with van der Waals surface area (Å²) in [5.74, 6) is -0.0704. The Balaban J connectivity index is 1.53. The summed E-state index contributed by atoms with van der Waals surface area (Å²) in [4.78, 5) is 25.1. The van der Waals surface area contributed by atoms with E-state index >= 15 is 0 Å². The van der Waals surface area contributed by atoms with E-state index in [4.69, 9.17) is 27.9 Å². The molecular formula is C14H19Cl2NO3. The molecule has 0 bridgehead atoms. The first-order valence-corrected chi connectivity index (χ1v) is 7.63. The van der Waals surface area contributed by atoms with Crippen LogP contribution in [0.25, 0.3) is 0 Å². The third kappa shape index (κ3) is 1.87. The molecule has 1 aliphatic heterocycles. The van der Waals surface area contributed by atoms with Crippen molar-refractivity contribution in [1.82, 2.24) is 4.90 Å². The van der Waals surface area contributed by atoms with Crippen LogP contribution in [-0.2, 0) is 9.53 Å². The smallest absolute Gasteiger partial charge is 0.410 e. The number of ether oxygens (including phenoxy) is 1. The summed E-state index contributed by atoms with van der Waals surface area (Å²) in [7, 11) is 0. The lowest BCUT2D eigenvalue weighted by molar-refractivity contribution is -0.181. The Morgan fingerprint density at radius 3 is 2.20 bits per heavy atom. The fraction of sp³-hybridized carbons (Fsp3) is 0.857. The van der Waals surface area contributed by atoms with Crippen LogP contribution in [0.5, 0.6) is 0 Å². The number of Topliss-reactive ketones (excluding diaryl/α,β-unsaturated/α-hetero) is 1. The summed E-state index contributed by atoms with van der Waals surface area (Å²) in [6.45, 7) is 6.93. The van der Waals surface area contributed by atoms with Gasteiger partial charge < -0.3 is 9.64 Å². The zero-order chi connectivity index (χ0) is 15.0. The molecule has 0 radical (unpaired) electrons. The van der Waals surface area contributed by atoms with E-state index in [2.05, 4.69) is 0 Å². The second kappa shape index (κ2) is 3.83. The van der Waals surface area contributed by atoms with Crippen molar-refractivity contribution >= 4 is 35.1 Å². The maximum absolute atomic E-state index is 11.9. The van der Waals surface area contributed by atoms with Gasteiger partial charge in [-0.25, -0.2) is 4.79 Å². The molecule has 0 aromatic heterocycles. The third-order valence-electron chi connectivity index (χ3n) is 4.65. The van der Waals surface area contributed by atoms with Gasteiger partial charge in [-0.05, 0) is 33.6 Å². The van der Waals surface area contributed by atoms with Gasteiger partial charge in [0.15, 0.2) is 10.1 Å². The second-order valence-electron chi connectivity index (χ2n) is 7.64. The van der Waals surface area contributed by atoms with E-state index in [9.17, 15) is 9.59 Å². The minimum atomic E-state index is -1.20. The first-order valence-electron chi connectivity index (χ1n) is 6.88. The van der Waals surface area contributed by atoms with E-state index in [1.165, 1.54) is 0 Å². The minimum Gasteiger partial charge on any atom is -0.444 e. The van der Waals surface area contributed by atoms with Crippen molar-refractivity contribution in [2.24, 2.45) is 10.8 Å². The summed E-state index contributed by atoms with van der Waals surface area (Å²) < 4.78 is 4.13. The molecule has 0 atom stereocenters. The molecule has 112 valence electrons. The molecule has 0 aromatic carbocycles. The molecule has 3 rings (SSSR count). The van der Waals surface area contributed by atoms with Crippen molar-refractivity contribution in [2.75, 3.05) is 13.1 Å². The van der Waals surface area contributed by atoms with E-state index < -0.39 is 9.93 Å². The van der Waals surface area contributed by atoms with Crippen LogP contribution in [0.3, 0.4) is 0 Å². The summed E-state index contributed by atoms with van der Waals surface area (Å²) in [6.07, 6.45) is 1.88. The van der Waals surface area contributed by atoms with Gasteiger partial charge in [0, 0.05) is 30.3 Å². The van der Waals surface area contributed by atoms with E-state index in [1.54, 1.807) is 4.90 Å². The quantitative estimate of drug-likeness (QED) is 0.644. The fourth-order valence-electron chi connectivity index (χ4n) is 3.89. The van der Waals surface area contributed by atoms with Crippen molar-refractivity contribution in [3.05, 3.63) is 0 Å². The van der Waals surface area contributed by atoms with Crippen LogP contribution in [0, 0.1) is 10.8 Å². The maximum atomic E-state index is 11.9. The highest BCUT2D eigenvalue weighted by Gasteiger charge is 2.75. The number of carbonyl (C=O) groups excluding carboxylic acids is 2. The minimum absolute atomic E-state index is 0.0704. The molecule has 2 aliphatic carbocycles. The monoisotopic (exact) mass is 319 g/mol. The van der Waals surface area contributed by atoms with Crippen LogP contribution in [0.15, 0.2) is 0 Å². The molecule has 3 aliphatic rings. The molecule has 1 saturated heterocycles. The Morgan fingerprint density at radius 1 is 1.25 bits per heavy atom. The lowest BCUT2D eigenvalue weighted by atomic mass is 9.42. The van der Waals surface area contributed by atoms with Crippen LogP contribution >= 0.6 is 23.2 Å². The van der Waals surface area contributed by atoms with Gasteiger partial charge in [0.1, 0.15) is 5.60 Å². The highest BCUT2D eigenvalue weighted by molar-refractivity contribution is 6.61. The van der Waals surface area contributed by atoms with Crippen molar-refractivity contribution < 1.29 is 14.3 Å². The summed E-state index contributed by atoms with van der Waals surface area (Å²) in [6, 6.07) is 0. The van der Waals surface area contributed by atoms with Crippen LogP contribution in [0.2, 0.25) is 0 Å². The van der Waals surface area contributed by atoms with Crippen molar-refractivity contribution in [3.63, 3.8) is 0 Å². The van der Waals surface area contributed by atoms with Gasteiger partial charge in [0.25, 0.3) is 0 Å². The summed E-state index contributed by atoms with van der Waals surface area (Å²) >= 11 is 12.2. The Bertz CT molecular complexity index is 481. The van der Waals surface area contributed by atoms with E-state index in [1.807, 2.05) is 20.8 Å². The van der Waals surface area contributed by atoms with Crippen LogP contribution < -0.4 is 0 Å². The highest BCUT2D eigenvalue weighted by Crippen LogP contribution is 2.72. The molecule has 1 amide bonds.